The normalized spacial score (nSPS) is 27.1. The minimum absolute atomic E-state index is 0.0630. The van der Waals surface area contributed by atoms with Crippen LogP contribution in [0.3, 0.4) is 0 Å². The first-order chi connectivity index (χ1) is 8.79. The van der Waals surface area contributed by atoms with Gasteiger partial charge < -0.3 is 0 Å². The van der Waals surface area contributed by atoms with E-state index in [1.54, 1.807) is 0 Å². The Morgan fingerprint density at radius 1 is 1.37 bits per heavy atom. The number of nitrogens with zero attached hydrogens (tertiary/aromatic N) is 1. The molecule has 0 saturated carbocycles. The average Bonchev–Trinajstić information content (AvgIpc) is 2.79. The standard InChI is InChI=1S/C14H17NO3S/c1-9-14(2,3)12-6-10(4-5-13(12)15-9)11-7-18-19(16,17)8-11/h4-6,11H,7-8H2,1-3H3. The van der Waals surface area contributed by atoms with Crippen LogP contribution in [0.2, 0.25) is 0 Å². The van der Waals surface area contributed by atoms with Crippen molar-refractivity contribution in [2.45, 2.75) is 32.1 Å². The molecule has 19 heavy (non-hydrogen) atoms. The van der Waals surface area contributed by atoms with E-state index in [0.717, 1.165) is 17.0 Å². The Labute approximate surface area is 113 Å². The lowest BCUT2D eigenvalue weighted by Gasteiger charge is -2.21. The van der Waals surface area contributed by atoms with Gasteiger partial charge in [-0.3, -0.25) is 9.18 Å². The van der Waals surface area contributed by atoms with E-state index in [-0.39, 0.29) is 23.7 Å². The first-order valence-corrected chi connectivity index (χ1v) is 7.95. The van der Waals surface area contributed by atoms with E-state index in [1.807, 2.05) is 19.1 Å². The Morgan fingerprint density at radius 3 is 2.74 bits per heavy atom. The van der Waals surface area contributed by atoms with Gasteiger partial charge in [-0.15, -0.1) is 0 Å². The van der Waals surface area contributed by atoms with Crippen molar-refractivity contribution in [1.29, 1.82) is 0 Å². The van der Waals surface area contributed by atoms with Crippen LogP contribution in [0.1, 0.15) is 37.8 Å². The fourth-order valence-electron chi connectivity index (χ4n) is 2.64. The number of rotatable bonds is 1. The van der Waals surface area contributed by atoms with E-state index in [2.05, 4.69) is 24.9 Å². The molecule has 0 radical (unpaired) electrons. The van der Waals surface area contributed by atoms with Crippen LogP contribution >= 0.6 is 0 Å². The zero-order valence-electron chi connectivity index (χ0n) is 11.3. The van der Waals surface area contributed by atoms with Crippen molar-refractivity contribution >= 4 is 21.5 Å². The first-order valence-electron chi connectivity index (χ1n) is 6.37. The molecule has 0 bridgehead atoms. The first kappa shape index (κ1) is 12.8. The Bertz CT molecular complexity index is 674. The number of aliphatic imine (C=N–C) groups is 1. The van der Waals surface area contributed by atoms with E-state index < -0.39 is 10.1 Å². The summed E-state index contributed by atoms with van der Waals surface area (Å²) >= 11 is 0. The summed E-state index contributed by atoms with van der Waals surface area (Å²) in [6.07, 6.45) is 0. The second kappa shape index (κ2) is 3.90. The van der Waals surface area contributed by atoms with E-state index in [4.69, 9.17) is 4.18 Å². The van der Waals surface area contributed by atoms with Crippen LogP contribution in [0.4, 0.5) is 5.69 Å². The zero-order chi connectivity index (χ0) is 13.8. The Kier molecular flexibility index (Phi) is 2.63. The van der Waals surface area contributed by atoms with Crippen molar-refractivity contribution in [3.63, 3.8) is 0 Å². The second-order valence-corrected chi connectivity index (χ2v) is 7.49. The molecule has 1 aromatic rings. The molecule has 2 aliphatic heterocycles. The topological polar surface area (TPSA) is 55.7 Å². The fraction of sp³-hybridized carbons (Fsp3) is 0.500. The van der Waals surface area contributed by atoms with E-state index in [9.17, 15) is 8.42 Å². The van der Waals surface area contributed by atoms with Gasteiger partial charge in [-0.05, 0) is 24.1 Å². The lowest BCUT2D eigenvalue weighted by atomic mass is 9.81. The quantitative estimate of drug-likeness (QED) is 0.742. The lowest BCUT2D eigenvalue weighted by Crippen LogP contribution is -2.23. The summed E-state index contributed by atoms with van der Waals surface area (Å²) < 4.78 is 27.6. The van der Waals surface area contributed by atoms with Gasteiger partial charge in [0.15, 0.2) is 0 Å². The van der Waals surface area contributed by atoms with Gasteiger partial charge in [0.1, 0.15) is 0 Å². The summed E-state index contributed by atoms with van der Waals surface area (Å²) in [6.45, 7) is 6.57. The highest BCUT2D eigenvalue weighted by Gasteiger charge is 2.35. The van der Waals surface area contributed by atoms with Crippen molar-refractivity contribution in [1.82, 2.24) is 0 Å². The lowest BCUT2D eigenvalue weighted by molar-refractivity contribution is 0.340. The van der Waals surface area contributed by atoms with Gasteiger partial charge in [0.2, 0.25) is 0 Å². The average molecular weight is 279 g/mol. The maximum absolute atomic E-state index is 11.4. The van der Waals surface area contributed by atoms with Gasteiger partial charge in [0, 0.05) is 17.0 Å². The van der Waals surface area contributed by atoms with Crippen LogP contribution in [0.5, 0.6) is 0 Å². The Balaban J connectivity index is 1.99. The minimum Gasteiger partial charge on any atom is -0.269 e. The summed E-state index contributed by atoms with van der Waals surface area (Å²) in [4.78, 5) is 4.57. The number of hydrogen-bond donors (Lipinski definition) is 0. The summed E-state index contributed by atoms with van der Waals surface area (Å²) in [5.74, 6) is 0.0125. The molecule has 1 aromatic carbocycles. The molecule has 102 valence electrons. The molecule has 2 heterocycles. The largest absolute Gasteiger partial charge is 0.269 e. The molecular formula is C14H17NO3S. The summed E-state index contributed by atoms with van der Waals surface area (Å²) in [6, 6.07) is 6.03. The Morgan fingerprint density at radius 2 is 2.11 bits per heavy atom. The molecule has 0 N–H and O–H groups in total. The molecule has 2 aliphatic rings. The van der Waals surface area contributed by atoms with Crippen LogP contribution in [0.15, 0.2) is 23.2 Å². The fourth-order valence-corrected chi connectivity index (χ4v) is 3.89. The van der Waals surface area contributed by atoms with Crippen molar-refractivity contribution in [3.8, 4) is 0 Å². The maximum Gasteiger partial charge on any atom is 0.268 e. The molecule has 5 heteroatoms. The Hall–Kier alpha value is -1.20. The number of fused-ring (bicyclic) bond motifs is 1. The van der Waals surface area contributed by atoms with Crippen LogP contribution in [0, 0.1) is 0 Å². The zero-order valence-corrected chi connectivity index (χ0v) is 12.1. The molecule has 1 saturated heterocycles. The van der Waals surface area contributed by atoms with E-state index in [0.29, 0.717) is 0 Å². The predicted octanol–water partition coefficient (Wildman–Crippen LogP) is 2.51. The second-order valence-electron chi connectivity index (χ2n) is 5.80. The highest BCUT2D eigenvalue weighted by molar-refractivity contribution is 7.87. The van der Waals surface area contributed by atoms with Crippen LogP contribution in [0.25, 0.3) is 0 Å². The van der Waals surface area contributed by atoms with Crippen molar-refractivity contribution in [2.75, 3.05) is 12.4 Å². The van der Waals surface area contributed by atoms with Crippen LogP contribution < -0.4 is 0 Å². The third kappa shape index (κ3) is 2.01. The third-order valence-electron chi connectivity index (χ3n) is 4.21. The van der Waals surface area contributed by atoms with Crippen molar-refractivity contribution < 1.29 is 12.6 Å². The van der Waals surface area contributed by atoms with E-state index >= 15 is 0 Å². The van der Waals surface area contributed by atoms with Crippen LogP contribution in [-0.2, 0) is 19.7 Å². The molecule has 0 aliphatic carbocycles. The summed E-state index contributed by atoms with van der Waals surface area (Å²) in [7, 11) is -3.33. The van der Waals surface area contributed by atoms with Gasteiger partial charge in [-0.1, -0.05) is 26.0 Å². The molecule has 4 nitrogen and oxygen atoms in total. The smallest absolute Gasteiger partial charge is 0.268 e. The monoisotopic (exact) mass is 279 g/mol. The SMILES string of the molecule is CC1=Nc2ccc(C3COS(=O)(=O)C3)cc2C1(C)C. The molecular weight excluding hydrogens is 262 g/mol. The molecule has 0 aromatic heterocycles. The third-order valence-corrected chi connectivity index (χ3v) is 5.52. The highest BCUT2D eigenvalue weighted by atomic mass is 32.2. The summed E-state index contributed by atoms with van der Waals surface area (Å²) in [5, 5.41) is 0. The van der Waals surface area contributed by atoms with Gasteiger partial charge in [0.25, 0.3) is 10.1 Å². The molecule has 1 unspecified atom stereocenters. The molecule has 1 atom stereocenters. The van der Waals surface area contributed by atoms with Gasteiger partial charge >= 0.3 is 0 Å². The van der Waals surface area contributed by atoms with Crippen molar-refractivity contribution in [2.24, 2.45) is 4.99 Å². The molecule has 3 rings (SSSR count). The highest BCUT2D eigenvalue weighted by Crippen LogP contribution is 2.41. The minimum atomic E-state index is -3.33. The number of benzene rings is 1. The van der Waals surface area contributed by atoms with E-state index in [1.165, 1.54) is 5.56 Å². The van der Waals surface area contributed by atoms with Gasteiger partial charge in [0.05, 0.1) is 18.0 Å². The maximum atomic E-state index is 11.4. The number of hydrogen-bond acceptors (Lipinski definition) is 4. The van der Waals surface area contributed by atoms with Gasteiger partial charge in [-0.25, -0.2) is 0 Å². The predicted molar refractivity (Wildman–Crippen MR) is 74.7 cm³/mol. The molecule has 0 spiro atoms. The molecule has 1 fully saturated rings. The summed E-state index contributed by atoms with van der Waals surface area (Å²) in [5.41, 5.74) is 4.21. The van der Waals surface area contributed by atoms with Crippen LogP contribution in [-0.4, -0.2) is 26.5 Å². The van der Waals surface area contributed by atoms with Crippen molar-refractivity contribution in [3.05, 3.63) is 29.3 Å². The molecule has 0 amide bonds. The van der Waals surface area contributed by atoms with Gasteiger partial charge in [-0.2, -0.15) is 8.42 Å².